The van der Waals surface area contributed by atoms with E-state index in [2.05, 4.69) is 4.98 Å². The minimum absolute atomic E-state index is 0.104. The highest BCUT2D eigenvalue weighted by atomic mass is 32.2. The highest BCUT2D eigenvalue weighted by Gasteiger charge is 2.28. The van der Waals surface area contributed by atoms with Crippen molar-refractivity contribution in [1.82, 2.24) is 9.29 Å². The maximum absolute atomic E-state index is 13.0. The van der Waals surface area contributed by atoms with Gasteiger partial charge in [0.05, 0.1) is 10.5 Å². The molecule has 1 saturated heterocycles. The first kappa shape index (κ1) is 21.3. The van der Waals surface area contributed by atoms with E-state index in [4.69, 9.17) is 4.74 Å². The molecule has 1 aliphatic heterocycles. The summed E-state index contributed by atoms with van der Waals surface area (Å²) in [5.41, 5.74) is 1.94. The molecule has 0 amide bonds. The Morgan fingerprint density at radius 1 is 1.06 bits per heavy atom. The van der Waals surface area contributed by atoms with Crippen LogP contribution in [-0.2, 0) is 14.8 Å². The van der Waals surface area contributed by atoms with Gasteiger partial charge in [-0.3, -0.25) is 4.79 Å². The Balaban J connectivity index is 1.50. The molecule has 1 aliphatic rings. The fraction of sp³-hybridized carbons (Fsp3) is 0.304. The third-order valence-electron chi connectivity index (χ3n) is 5.58. The van der Waals surface area contributed by atoms with E-state index in [1.807, 2.05) is 24.3 Å². The minimum atomic E-state index is -3.69. The number of Topliss-reactive ketones (excluding diaryl/α,β-unsaturated/α-hetero) is 1. The quantitative estimate of drug-likeness (QED) is 0.466. The largest absolute Gasteiger partial charge is 0.454 e. The lowest BCUT2D eigenvalue weighted by molar-refractivity contribution is 0.0475. The van der Waals surface area contributed by atoms with Gasteiger partial charge in [0.2, 0.25) is 15.8 Å². The molecule has 31 heavy (non-hydrogen) atoms. The van der Waals surface area contributed by atoms with Gasteiger partial charge in [-0.1, -0.05) is 30.7 Å². The first-order chi connectivity index (χ1) is 14.9. The van der Waals surface area contributed by atoms with Crippen molar-refractivity contribution >= 4 is 32.7 Å². The molecule has 0 atom stereocenters. The van der Waals surface area contributed by atoms with Gasteiger partial charge in [-0.2, -0.15) is 4.31 Å². The number of hydrogen-bond acceptors (Lipinski definition) is 5. The molecule has 0 unspecified atom stereocenters. The molecule has 0 bridgehead atoms. The van der Waals surface area contributed by atoms with E-state index >= 15 is 0 Å². The molecule has 1 fully saturated rings. The van der Waals surface area contributed by atoms with Crippen LogP contribution >= 0.6 is 0 Å². The monoisotopic (exact) mass is 440 g/mol. The van der Waals surface area contributed by atoms with Gasteiger partial charge in [-0.25, -0.2) is 13.2 Å². The average molecular weight is 441 g/mol. The Morgan fingerprint density at radius 2 is 1.81 bits per heavy atom. The molecule has 7 nitrogen and oxygen atoms in total. The van der Waals surface area contributed by atoms with Crippen LogP contribution in [0.1, 0.15) is 45.5 Å². The predicted molar refractivity (Wildman–Crippen MR) is 117 cm³/mol. The van der Waals surface area contributed by atoms with Gasteiger partial charge in [-0.15, -0.1) is 0 Å². The van der Waals surface area contributed by atoms with Crippen LogP contribution in [0.4, 0.5) is 0 Å². The third kappa shape index (κ3) is 4.26. The van der Waals surface area contributed by atoms with E-state index < -0.39 is 22.6 Å². The number of fused-ring (bicyclic) bond motifs is 1. The van der Waals surface area contributed by atoms with E-state index in [-0.39, 0.29) is 16.2 Å². The molecular formula is C23H24N2O5S. The van der Waals surface area contributed by atoms with Gasteiger partial charge < -0.3 is 9.72 Å². The van der Waals surface area contributed by atoms with Crippen LogP contribution in [0.2, 0.25) is 0 Å². The van der Waals surface area contributed by atoms with Gasteiger partial charge in [-0.05, 0) is 43.5 Å². The van der Waals surface area contributed by atoms with Gasteiger partial charge in [0.15, 0.2) is 6.61 Å². The van der Waals surface area contributed by atoms with Crippen molar-refractivity contribution in [2.24, 2.45) is 0 Å². The lowest BCUT2D eigenvalue weighted by atomic mass is 10.1. The van der Waals surface area contributed by atoms with Crippen molar-refractivity contribution in [2.45, 2.75) is 31.1 Å². The summed E-state index contributed by atoms with van der Waals surface area (Å²) < 4.78 is 32.8. The molecule has 162 valence electrons. The Bertz CT molecular complexity index is 1240. The van der Waals surface area contributed by atoms with Crippen molar-refractivity contribution in [3.63, 3.8) is 0 Å². The van der Waals surface area contributed by atoms with Crippen molar-refractivity contribution in [1.29, 1.82) is 0 Å². The normalized spacial score (nSPS) is 15.1. The molecule has 1 N–H and O–H groups in total. The minimum Gasteiger partial charge on any atom is -0.454 e. The van der Waals surface area contributed by atoms with Crippen LogP contribution in [0.15, 0.2) is 53.6 Å². The predicted octanol–water partition coefficient (Wildman–Crippen LogP) is 3.69. The second-order valence-electron chi connectivity index (χ2n) is 7.69. The van der Waals surface area contributed by atoms with Crippen molar-refractivity contribution < 1.29 is 22.7 Å². The van der Waals surface area contributed by atoms with E-state index in [1.54, 1.807) is 19.2 Å². The standard InChI is InChI=1S/C23H24N2O5S/c1-16-9-10-17(13-22(16)31(28,29)25-11-5-2-6-12-25)23(27)30-15-21(26)19-14-24-20-8-4-3-7-18(19)20/h3-4,7-10,13-14,24H,2,5-6,11-12,15H2,1H3. The van der Waals surface area contributed by atoms with Crippen LogP contribution in [0, 0.1) is 6.92 Å². The number of esters is 1. The van der Waals surface area contributed by atoms with Crippen LogP contribution in [0.25, 0.3) is 10.9 Å². The van der Waals surface area contributed by atoms with E-state index in [1.165, 1.54) is 16.4 Å². The maximum atomic E-state index is 13.0. The van der Waals surface area contributed by atoms with E-state index in [0.29, 0.717) is 24.2 Å². The van der Waals surface area contributed by atoms with Crippen LogP contribution in [0.3, 0.4) is 0 Å². The van der Waals surface area contributed by atoms with Gasteiger partial charge in [0.25, 0.3) is 0 Å². The zero-order chi connectivity index (χ0) is 22.0. The Morgan fingerprint density at radius 3 is 2.58 bits per heavy atom. The number of nitrogens with zero attached hydrogens (tertiary/aromatic N) is 1. The van der Waals surface area contributed by atoms with Crippen LogP contribution in [-0.4, -0.2) is 49.2 Å². The van der Waals surface area contributed by atoms with Crippen molar-refractivity contribution in [2.75, 3.05) is 19.7 Å². The number of nitrogens with one attached hydrogen (secondary N) is 1. The van der Waals surface area contributed by atoms with E-state index in [9.17, 15) is 18.0 Å². The number of aryl methyl sites for hydroxylation is 1. The summed E-state index contributed by atoms with van der Waals surface area (Å²) in [4.78, 5) is 28.2. The zero-order valence-electron chi connectivity index (χ0n) is 17.3. The van der Waals surface area contributed by atoms with Crippen LogP contribution < -0.4 is 0 Å². The second kappa shape index (κ2) is 8.64. The molecule has 2 heterocycles. The molecule has 3 aromatic rings. The summed E-state index contributed by atoms with van der Waals surface area (Å²) in [5, 5.41) is 0.758. The number of sulfonamides is 1. The summed E-state index contributed by atoms with van der Waals surface area (Å²) in [6, 6.07) is 11.8. The molecule has 2 aromatic carbocycles. The lowest BCUT2D eigenvalue weighted by Gasteiger charge is -2.26. The van der Waals surface area contributed by atoms with Crippen LogP contribution in [0.5, 0.6) is 0 Å². The average Bonchev–Trinajstić information content (AvgIpc) is 3.22. The topological polar surface area (TPSA) is 96.5 Å². The number of benzene rings is 2. The van der Waals surface area contributed by atoms with Gasteiger partial charge in [0.1, 0.15) is 0 Å². The highest BCUT2D eigenvalue weighted by Crippen LogP contribution is 2.25. The Hall–Kier alpha value is -2.97. The van der Waals surface area contributed by atoms with E-state index in [0.717, 1.165) is 30.2 Å². The second-order valence-corrected chi connectivity index (χ2v) is 9.60. The summed E-state index contributed by atoms with van der Waals surface area (Å²) in [6.45, 7) is 2.24. The Kier molecular flexibility index (Phi) is 5.93. The molecular weight excluding hydrogens is 416 g/mol. The number of aromatic nitrogens is 1. The number of ketones is 1. The summed E-state index contributed by atoms with van der Waals surface area (Å²) in [5.74, 6) is -1.07. The summed E-state index contributed by atoms with van der Waals surface area (Å²) in [6.07, 6.45) is 4.27. The number of H-pyrrole nitrogens is 1. The zero-order valence-corrected chi connectivity index (χ0v) is 18.1. The number of para-hydroxylation sites is 1. The smallest absolute Gasteiger partial charge is 0.338 e. The number of piperidine rings is 1. The summed E-state index contributed by atoms with van der Waals surface area (Å²) in [7, 11) is -3.69. The molecule has 0 aliphatic carbocycles. The number of aromatic amines is 1. The van der Waals surface area contributed by atoms with Gasteiger partial charge >= 0.3 is 5.97 Å². The van der Waals surface area contributed by atoms with Crippen molar-refractivity contribution in [3.05, 3.63) is 65.4 Å². The fourth-order valence-electron chi connectivity index (χ4n) is 3.84. The molecule has 8 heteroatoms. The number of carbonyl (C=O) groups is 2. The molecule has 0 radical (unpaired) electrons. The summed E-state index contributed by atoms with van der Waals surface area (Å²) >= 11 is 0. The highest BCUT2D eigenvalue weighted by molar-refractivity contribution is 7.89. The number of carbonyl (C=O) groups excluding carboxylic acids is 2. The molecule has 1 aromatic heterocycles. The fourth-order valence-corrected chi connectivity index (χ4v) is 5.61. The molecule has 0 saturated carbocycles. The maximum Gasteiger partial charge on any atom is 0.338 e. The first-order valence-corrected chi connectivity index (χ1v) is 11.7. The third-order valence-corrected chi connectivity index (χ3v) is 7.62. The lowest BCUT2D eigenvalue weighted by Crippen LogP contribution is -2.36. The van der Waals surface area contributed by atoms with Gasteiger partial charge in [0, 0.05) is 35.8 Å². The number of rotatable bonds is 6. The number of ether oxygens (including phenoxy) is 1. The molecule has 4 rings (SSSR count). The molecule has 0 spiro atoms. The SMILES string of the molecule is Cc1ccc(C(=O)OCC(=O)c2c[nH]c3ccccc23)cc1S(=O)(=O)N1CCCCC1. The Labute approximate surface area is 181 Å². The van der Waals surface area contributed by atoms with Crippen molar-refractivity contribution in [3.8, 4) is 0 Å². The number of hydrogen-bond donors (Lipinski definition) is 1. The first-order valence-electron chi connectivity index (χ1n) is 10.2.